The Labute approximate surface area is 170 Å². The number of hydrogen-bond donors (Lipinski definition) is 2. The number of nitrogens with zero attached hydrogens (tertiary/aromatic N) is 2. The van der Waals surface area contributed by atoms with Crippen molar-refractivity contribution in [1.82, 2.24) is 15.1 Å². The fourth-order valence-corrected chi connectivity index (χ4v) is 3.47. The number of nitrogens with one attached hydrogen (secondary N) is 2. The van der Waals surface area contributed by atoms with Crippen molar-refractivity contribution in [2.45, 2.75) is 25.5 Å². The number of halogens is 3. The number of hydrogen-bond acceptors (Lipinski definition) is 3. The average Bonchev–Trinajstić information content (AvgIpc) is 3.19. The van der Waals surface area contributed by atoms with Crippen LogP contribution in [0.1, 0.15) is 18.4 Å². The molecule has 1 aromatic heterocycles. The zero-order chi connectivity index (χ0) is 17.8. The summed E-state index contributed by atoms with van der Waals surface area (Å²) >= 11 is 20.8. The van der Waals surface area contributed by atoms with Gasteiger partial charge in [-0.3, -0.25) is 4.68 Å². The van der Waals surface area contributed by atoms with Crippen LogP contribution in [0.4, 0.5) is 5.82 Å². The fraction of sp³-hybridized carbons (Fsp3) is 0.375. The van der Waals surface area contributed by atoms with Crippen molar-refractivity contribution in [2.24, 2.45) is 0 Å². The maximum atomic E-state index is 6.06. The Bertz CT molecular complexity index is 765. The average molecular weight is 464 g/mol. The van der Waals surface area contributed by atoms with Crippen LogP contribution in [-0.2, 0) is 11.3 Å². The smallest absolute Gasteiger partial charge is 0.172 e. The summed E-state index contributed by atoms with van der Waals surface area (Å²) in [4.78, 5) is 0. The molecule has 1 saturated heterocycles. The Morgan fingerprint density at radius 1 is 1.40 bits per heavy atom. The lowest BCUT2D eigenvalue weighted by Crippen LogP contribution is -2.35. The Balaban J connectivity index is 1.57. The molecule has 5 nitrogen and oxygen atoms in total. The molecule has 1 unspecified atom stereocenters. The van der Waals surface area contributed by atoms with Crippen LogP contribution in [0, 0.1) is 0 Å². The molecule has 2 N–H and O–H groups in total. The first-order chi connectivity index (χ1) is 12.0. The van der Waals surface area contributed by atoms with Crippen LogP contribution in [0.3, 0.4) is 0 Å². The summed E-state index contributed by atoms with van der Waals surface area (Å²) in [6.07, 6.45) is 4.29. The first-order valence-electron chi connectivity index (χ1n) is 7.84. The monoisotopic (exact) mass is 462 g/mol. The molecule has 1 aliphatic heterocycles. The van der Waals surface area contributed by atoms with Crippen molar-refractivity contribution in [2.75, 3.05) is 18.5 Å². The van der Waals surface area contributed by atoms with Gasteiger partial charge >= 0.3 is 0 Å². The van der Waals surface area contributed by atoms with Crippen LogP contribution in [-0.4, -0.2) is 34.1 Å². The molecule has 2 aromatic rings. The SMILES string of the molecule is S=C(NCC1CCCO1)Nc1nn(Cc2ccc(Cl)c(Cl)c2)cc1Br. The summed E-state index contributed by atoms with van der Waals surface area (Å²) in [5, 5.41) is 12.4. The molecule has 2 heterocycles. The van der Waals surface area contributed by atoms with E-state index >= 15 is 0 Å². The van der Waals surface area contributed by atoms with Gasteiger partial charge in [0.25, 0.3) is 0 Å². The second-order valence-electron chi connectivity index (χ2n) is 5.74. The molecule has 1 atom stereocenters. The van der Waals surface area contributed by atoms with E-state index in [4.69, 9.17) is 40.2 Å². The maximum Gasteiger partial charge on any atom is 0.172 e. The molecule has 0 spiro atoms. The fourth-order valence-electron chi connectivity index (χ4n) is 2.55. The highest BCUT2D eigenvalue weighted by Crippen LogP contribution is 2.24. The van der Waals surface area contributed by atoms with Gasteiger partial charge < -0.3 is 15.4 Å². The molecule has 25 heavy (non-hydrogen) atoms. The minimum absolute atomic E-state index is 0.232. The molecule has 1 fully saturated rings. The highest BCUT2D eigenvalue weighted by molar-refractivity contribution is 9.10. The van der Waals surface area contributed by atoms with E-state index in [1.165, 1.54) is 0 Å². The lowest BCUT2D eigenvalue weighted by atomic mass is 10.2. The highest BCUT2D eigenvalue weighted by atomic mass is 79.9. The first kappa shape index (κ1) is 18.9. The zero-order valence-electron chi connectivity index (χ0n) is 13.3. The third kappa shape index (κ3) is 5.31. The van der Waals surface area contributed by atoms with Gasteiger partial charge in [-0.1, -0.05) is 29.3 Å². The third-order valence-corrected chi connectivity index (χ3v) is 5.36. The van der Waals surface area contributed by atoms with Gasteiger partial charge in [-0.2, -0.15) is 5.10 Å². The lowest BCUT2D eigenvalue weighted by molar-refractivity contribution is 0.114. The van der Waals surface area contributed by atoms with Gasteiger partial charge in [0.15, 0.2) is 10.9 Å². The maximum absolute atomic E-state index is 6.06. The molecule has 0 amide bonds. The minimum atomic E-state index is 0.232. The largest absolute Gasteiger partial charge is 0.376 e. The molecule has 9 heteroatoms. The Hall–Kier alpha value is -0.860. The van der Waals surface area contributed by atoms with Gasteiger partial charge in [-0.15, -0.1) is 0 Å². The standard InChI is InChI=1S/C16H17BrCl2N4OS/c17-12-9-23(8-10-3-4-13(18)14(19)6-10)22-15(12)21-16(25)20-7-11-2-1-5-24-11/h3-4,6,9,11H,1-2,5,7-8H2,(H2,20,21,22,25). The van der Waals surface area contributed by atoms with Crippen LogP contribution in [0.5, 0.6) is 0 Å². The summed E-state index contributed by atoms with van der Waals surface area (Å²) in [5.74, 6) is 0.657. The Kier molecular flexibility index (Phi) is 6.57. The second kappa shape index (κ2) is 8.68. The van der Waals surface area contributed by atoms with E-state index in [2.05, 4.69) is 31.7 Å². The molecule has 0 radical (unpaired) electrons. The van der Waals surface area contributed by atoms with E-state index in [0.717, 1.165) is 29.5 Å². The molecule has 3 rings (SSSR count). The molecule has 1 aromatic carbocycles. The van der Waals surface area contributed by atoms with E-state index < -0.39 is 0 Å². The van der Waals surface area contributed by atoms with E-state index in [0.29, 0.717) is 34.1 Å². The van der Waals surface area contributed by atoms with E-state index in [1.807, 2.05) is 18.3 Å². The van der Waals surface area contributed by atoms with Crippen LogP contribution in [0.2, 0.25) is 10.0 Å². The van der Waals surface area contributed by atoms with Crippen molar-refractivity contribution >= 4 is 62.3 Å². The number of ether oxygens (including phenoxy) is 1. The van der Waals surface area contributed by atoms with Crippen molar-refractivity contribution in [3.63, 3.8) is 0 Å². The topological polar surface area (TPSA) is 51.1 Å². The highest BCUT2D eigenvalue weighted by Gasteiger charge is 2.16. The van der Waals surface area contributed by atoms with Crippen molar-refractivity contribution in [3.05, 3.63) is 44.5 Å². The molecule has 0 aliphatic carbocycles. The van der Waals surface area contributed by atoms with Gasteiger partial charge in [0.2, 0.25) is 0 Å². The normalized spacial score (nSPS) is 16.8. The van der Waals surface area contributed by atoms with Crippen LogP contribution < -0.4 is 10.6 Å². The number of benzene rings is 1. The van der Waals surface area contributed by atoms with Crippen LogP contribution in [0.25, 0.3) is 0 Å². The molecule has 0 bridgehead atoms. The lowest BCUT2D eigenvalue weighted by Gasteiger charge is -2.13. The van der Waals surface area contributed by atoms with Crippen LogP contribution in [0.15, 0.2) is 28.9 Å². The first-order valence-corrected chi connectivity index (χ1v) is 9.80. The quantitative estimate of drug-likeness (QED) is 0.640. The summed E-state index contributed by atoms with van der Waals surface area (Å²) in [6.45, 7) is 2.11. The summed E-state index contributed by atoms with van der Waals surface area (Å²) in [6, 6.07) is 5.53. The Morgan fingerprint density at radius 2 is 2.24 bits per heavy atom. The van der Waals surface area contributed by atoms with Crippen molar-refractivity contribution in [3.8, 4) is 0 Å². The predicted octanol–water partition coefficient (Wildman–Crippen LogP) is 4.47. The zero-order valence-corrected chi connectivity index (χ0v) is 17.2. The van der Waals surface area contributed by atoms with Gasteiger partial charge in [-0.25, -0.2) is 0 Å². The molecular formula is C16H17BrCl2N4OS. The van der Waals surface area contributed by atoms with Crippen molar-refractivity contribution < 1.29 is 4.74 Å². The van der Waals surface area contributed by atoms with E-state index in [-0.39, 0.29) is 6.10 Å². The van der Waals surface area contributed by atoms with Gasteiger partial charge in [0, 0.05) is 19.3 Å². The minimum Gasteiger partial charge on any atom is -0.376 e. The number of anilines is 1. The molecule has 1 aliphatic rings. The molecular weight excluding hydrogens is 447 g/mol. The summed E-state index contributed by atoms with van der Waals surface area (Å²) in [5.41, 5.74) is 1.01. The number of thiocarbonyl (C=S) groups is 1. The van der Waals surface area contributed by atoms with Crippen LogP contribution >= 0.6 is 51.3 Å². The number of rotatable bonds is 5. The van der Waals surface area contributed by atoms with Gasteiger partial charge in [0.1, 0.15) is 0 Å². The second-order valence-corrected chi connectivity index (χ2v) is 7.82. The molecule has 0 saturated carbocycles. The predicted molar refractivity (Wildman–Crippen MR) is 109 cm³/mol. The summed E-state index contributed by atoms with van der Waals surface area (Å²) in [7, 11) is 0. The van der Waals surface area contributed by atoms with Gasteiger partial charge in [0.05, 0.1) is 27.2 Å². The summed E-state index contributed by atoms with van der Waals surface area (Å²) < 4.78 is 8.19. The van der Waals surface area contributed by atoms with E-state index in [9.17, 15) is 0 Å². The third-order valence-electron chi connectivity index (χ3n) is 3.79. The number of aromatic nitrogens is 2. The van der Waals surface area contributed by atoms with Crippen molar-refractivity contribution in [1.29, 1.82) is 0 Å². The van der Waals surface area contributed by atoms with Gasteiger partial charge in [-0.05, 0) is 58.7 Å². The Morgan fingerprint density at radius 3 is 2.96 bits per heavy atom. The van der Waals surface area contributed by atoms with E-state index in [1.54, 1.807) is 10.7 Å². The molecule has 134 valence electrons.